The van der Waals surface area contributed by atoms with E-state index in [4.69, 9.17) is 21.1 Å². The van der Waals surface area contributed by atoms with E-state index in [9.17, 15) is 15.0 Å². The van der Waals surface area contributed by atoms with Gasteiger partial charge in [0.25, 0.3) is 0 Å². The largest absolute Gasteiger partial charge is 0.493 e. The van der Waals surface area contributed by atoms with E-state index in [2.05, 4.69) is 5.32 Å². The van der Waals surface area contributed by atoms with Gasteiger partial charge in [0, 0.05) is 18.1 Å². The second-order valence-electron chi connectivity index (χ2n) is 7.51. The molecular weight excluding hydrogens is 442 g/mol. The van der Waals surface area contributed by atoms with E-state index in [0.717, 1.165) is 28.9 Å². The first-order valence-electron chi connectivity index (χ1n) is 10.9. The summed E-state index contributed by atoms with van der Waals surface area (Å²) in [5.41, 5.74) is 2.77. The fourth-order valence-corrected chi connectivity index (χ4v) is 3.36. The highest BCUT2D eigenvalue weighted by atomic mass is 35.5. The molecule has 3 N–H and O–H groups in total. The number of ether oxygens (including phenoxy) is 2. The number of aromatic carboxylic acids is 1. The predicted molar refractivity (Wildman–Crippen MR) is 129 cm³/mol. The average Bonchev–Trinajstić information content (AvgIpc) is 2.83. The molecule has 174 valence electrons. The monoisotopic (exact) mass is 469 g/mol. The van der Waals surface area contributed by atoms with Crippen LogP contribution in [-0.4, -0.2) is 42.5 Å². The van der Waals surface area contributed by atoms with Crippen LogP contribution in [0, 0.1) is 0 Å². The van der Waals surface area contributed by atoms with Crippen LogP contribution in [0.25, 0.3) is 11.1 Å². The molecule has 0 heterocycles. The number of carboxylic acid groups (broad SMARTS) is 1. The lowest BCUT2D eigenvalue weighted by atomic mass is 10.0. The van der Waals surface area contributed by atoms with E-state index >= 15 is 0 Å². The summed E-state index contributed by atoms with van der Waals surface area (Å²) in [6.45, 7) is 3.89. The molecule has 3 rings (SSSR count). The molecule has 0 unspecified atom stereocenters. The summed E-state index contributed by atoms with van der Waals surface area (Å²) in [6.07, 6.45) is 0.185. The molecular formula is C26H28ClNO5. The van der Waals surface area contributed by atoms with E-state index in [-0.39, 0.29) is 5.56 Å². The maximum absolute atomic E-state index is 11.4. The first kappa shape index (κ1) is 24.6. The van der Waals surface area contributed by atoms with Crippen LogP contribution in [0.2, 0.25) is 5.02 Å². The van der Waals surface area contributed by atoms with Gasteiger partial charge in [-0.2, -0.15) is 0 Å². The lowest BCUT2D eigenvalue weighted by Gasteiger charge is -2.13. The van der Waals surface area contributed by atoms with Gasteiger partial charge in [-0.15, -0.1) is 0 Å². The SMILES string of the molecule is CCCOc1cc(-c2ccc(OCCNC[C@H](O)c3ccc(Cl)cc3)cc2)ccc1C(=O)O. The van der Waals surface area contributed by atoms with Gasteiger partial charge in [-0.05, 0) is 59.5 Å². The lowest BCUT2D eigenvalue weighted by Crippen LogP contribution is -2.26. The van der Waals surface area contributed by atoms with Crippen molar-refractivity contribution in [1.29, 1.82) is 0 Å². The van der Waals surface area contributed by atoms with Crippen molar-refractivity contribution in [3.8, 4) is 22.6 Å². The van der Waals surface area contributed by atoms with Crippen molar-refractivity contribution < 1.29 is 24.5 Å². The summed E-state index contributed by atoms with van der Waals surface area (Å²) in [5.74, 6) is 0.0862. The third kappa shape index (κ3) is 7.22. The van der Waals surface area contributed by atoms with Crippen molar-refractivity contribution in [2.75, 3.05) is 26.3 Å². The van der Waals surface area contributed by atoms with Crippen LogP contribution in [0.3, 0.4) is 0 Å². The molecule has 0 spiro atoms. The number of benzene rings is 3. The van der Waals surface area contributed by atoms with E-state index in [1.165, 1.54) is 0 Å². The zero-order chi connectivity index (χ0) is 23.6. The molecule has 1 atom stereocenters. The number of aliphatic hydroxyl groups excluding tert-OH is 1. The number of rotatable bonds is 12. The van der Waals surface area contributed by atoms with Crippen molar-refractivity contribution in [3.63, 3.8) is 0 Å². The minimum absolute atomic E-state index is 0.154. The van der Waals surface area contributed by atoms with Gasteiger partial charge in [0.15, 0.2) is 0 Å². The number of aliphatic hydroxyl groups is 1. The molecule has 3 aromatic rings. The Morgan fingerprint density at radius 3 is 2.33 bits per heavy atom. The highest BCUT2D eigenvalue weighted by Gasteiger charge is 2.13. The normalized spacial score (nSPS) is 11.7. The summed E-state index contributed by atoms with van der Waals surface area (Å²) >= 11 is 5.87. The second-order valence-corrected chi connectivity index (χ2v) is 7.95. The number of carboxylic acids is 1. The Balaban J connectivity index is 1.50. The van der Waals surface area contributed by atoms with Gasteiger partial charge < -0.3 is 25.0 Å². The standard InChI is InChI=1S/C26H28ClNO5/c1-2-14-33-25-16-20(7-12-23(25)26(30)31)18-5-10-22(11-6-18)32-15-13-28-17-24(29)19-3-8-21(27)9-4-19/h3-12,16,24,28-29H,2,13-15,17H2,1H3,(H,30,31)/t24-/m0/s1. The number of hydrogen-bond acceptors (Lipinski definition) is 5. The van der Waals surface area contributed by atoms with Crippen LogP contribution in [-0.2, 0) is 0 Å². The van der Waals surface area contributed by atoms with Crippen molar-refractivity contribution >= 4 is 17.6 Å². The van der Waals surface area contributed by atoms with Crippen LogP contribution in [0.5, 0.6) is 11.5 Å². The van der Waals surface area contributed by atoms with Crippen LogP contribution in [0.15, 0.2) is 66.7 Å². The van der Waals surface area contributed by atoms with Crippen molar-refractivity contribution in [1.82, 2.24) is 5.32 Å². The summed E-state index contributed by atoms with van der Waals surface area (Å²) in [7, 11) is 0. The Morgan fingerprint density at radius 2 is 1.67 bits per heavy atom. The minimum atomic E-state index is -1.01. The average molecular weight is 470 g/mol. The minimum Gasteiger partial charge on any atom is -0.493 e. The van der Waals surface area contributed by atoms with Crippen molar-refractivity contribution in [3.05, 3.63) is 82.9 Å². The molecule has 0 aliphatic heterocycles. The molecule has 0 radical (unpaired) electrons. The number of nitrogens with one attached hydrogen (secondary N) is 1. The summed E-state index contributed by atoms with van der Waals surface area (Å²) in [5, 5.41) is 23.4. The van der Waals surface area contributed by atoms with Crippen LogP contribution >= 0.6 is 11.6 Å². The zero-order valence-corrected chi connectivity index (χ0v) is 19.2. The molecule has 0 aliphatic carbocycles. The number of halogens is 1. The van der Waals surface area contributed by atoms with Gasteiger partial charge in [-0.3, -0.25) is 0 Å². The highest BCUT2D eigenvalue weighted by molar-refractivity contribution is 6.30. The van der Waals surface area contributed by atoms with Gasteiger partial charge in [0.1, 0.15) is 23.7 Å². The maximum Gasteiger partial charge on any atom is 0.339 e. The summed E-state index contributed by atoms with van der Waals surface area (Å²) < 4.78 is 11.4. The van der Waals surface area contributed by atoms with Crippen LogP contribution < -0.4 is 14.8 Å². The summed E-state index contributed by atoms with van der Waals surface area (Å²) in [4.78, 5) is 11.4. The van der Waals surface area contributed by atoms with Gasteiger partial charge >= 0.3 is 5.97 Å². The van der Waals surface area contributed by atoms with Crippen LogP contribution in [0.1, 0.15) is 35.4 Å². The third-order valence-electron chi connectivity index (χ3n) is 5.00. The third-order valence-corrected chi connectivity index (χ3v) is 5.25. The highest BCUT2D eigenvalue weighted by Crippen LogP contribution is 2.29. The Bertz CT molecular complexity index is 1040. The molecule has 0 aliphatic rings. The van der Waals surface area contributed by atoms with Gasteiger partial charge in [0.05, 0.1) is 12.7 Å². The molecule has 6 nitrogen and oxygen atoms in total. The van der Waals surface area contributed by atoms with Crippen LogP contribution in [0.4, 0.5) is 0 Å². The number of carbonyl (C=O) groups is 1. The Kier molecular flexibility index (Phi) is 9.13. The molecule has 0 saturated heterocycles. The van der Waals surface area contributed by atoms with Gasteiger partial charge in [-0.25, -0.2) is 4.79 Å². The van der Waals surface area contributed by atoms with Crippen molar-refractivity contribution in [2.24, 2.45) is 0 Å². The first-order chi connectivity index (χ1) is 16.0. The summed E-state index contributed by atoms with van der Waals surface area (Å²) in [6, 6.07) is 19.8. The van der Waals surface area contributed by atoms with E-state index < -0.39 is 12.1 Å². The molecule has 0 fully saturated rings. The lowest BCUT2D eigenvalue weighted by molar-refractivity contribution is 0.0692. The van der Waals surface area contributed by atoms with E-state index in [1.807, 2.05) is 31.2 Å². The quantitative estimate of drug-likeness (QED) is 0.316. The topological polar surface area (TPSA) is 88.0 Å². The predicted octanol–water partition coefficient (Wildman–Crippen LogP) is 5.20. The molecule has 0 saturated carbocycles. The van der Waals surface area contributed by atoms with E-state index in [1.54, 1.807) is 42.5 Å². The second kappa shape index (κ2) is 12.3. The Morgan fingerprint density at radius 1 is 0.970 bits per heavy atom. The van der Waals surface area contributed by atoms with Crippen molar-refractivity contribution in [2.45, 2.75) is 19.4 Å². The molecule has 0 aromatic heterocycles. The van der Waals surface area contributed by atoms with E-state index in [0.29, 0.717) is 37.1 Å². The maximum atomic E-state index is 11.4. The number of hydrogen-bond donors (Lipinski definition) is 3. The fraction of sp³-hybridized carbons (Fsp3) is 0.269. The molecule has 0 bridgehead atoms. The fourth-order valence-electron chi connectivity index (χ4n) is 3.24. The molecule has 3 aromatic carbocycles. The molecule has 33 heavy (non-hydrogen) atoms. The first-order valence-corrected chi connectivity index (χ1v) is 11.2. The Labute approximate surface area is 198 Å². The molecule has 0 amide bonds. The zero-order valence-electron chi connectivity index (χ0n) is 18.5. The van der Waals surface area contributed by atoms with Gasteiger partial charge in [-0.1, -0.05) is 48.9 Å². The molecule has 7 heteroatoms. The Hall–Kier alpha value is -3.06. The smallest absolute Gasteiger partial charge is 0.339 e. The van der Waals surface area contributed by atoms with Gasteiger partial charge in [0.2, 0.25) is 0 Å².